The van der Waals surface area contributed by atoms with Crippen molar-refractivity contribution in [2.75, 3.05) is 19.6 Å². The molecule has 2 aliphatic heterocycles. The van der Waals surface area contributed by atoms with Gasteiger partial charge in [0.25, 0.3) is 0 Å². The Bertz CT molecular complexity index is 1280. The summed E-state index contributed by atoms with van der Waals surface area (Å²) in [5, 5.41) is 13.6. The van der Waals surface area contributed by atoms with Crippen LogP contribution in [0.25, 0.3) is 5.73 Å². The van der Waals surface area contributed by atoms with E-state index in [-0.39, 0.29) is 43.0 Å². The zero-order valence-electron chi connectivity index (χ0n) is 19.7. The summed E-state index contributed by atoms with van der Waals surface area (Å²) in [5.74, 6) is -1.69. The van der Waals surface area contributed by atoms with Crippen LogP contribution in [0.15, 0.2) is 52.5 Å². The van der Waals surface area contributed by atoms with E-state index in [4.69, 9.17) is 38.9 Å². The van der Waals surface area contributed by atoms with Gasteiger partial charge in [0.15, 0.2) is 5.71 Å². The highest BCUT2D eigenvalue weighted by Gasteiger charge is 2.45. The molecule has 0 atom stereocenters. The Kier molecular flexibility index (Phi) is 9.52. The lowest BCUT2D eigenvalue weighted by molar-refractivity contribution is -0.274. The normalized spacial score (nSPS) is 17.3. The third-order valence-electron chi connectivity index (χ3n) is 5.81. The number of alkyl halides is 3. The Morgan fingerprint density at radius 2 is 1.76 bits per heavy atom. The van der Waals surface area contributed by atoms with Gasteiger partial charge in [-0.05, 0) is 48.4 Å². The van der Waals surface area contributed by atoms with Gasteiger partial charge < -0.3 is 20.4 Å². The van der Waals surface area contributed by atoms with E-state index < -0.39 is 33.7 Å². The zero-order chi connectivity index (χ0) is 28.1. The van der Waals surface area contributed by atoms with E-state index in [1.165, 1.54) is 4.31 Å². The van der Waals surface area contributed by atoms with E-state index in [2.05, 4.69) is 9.89 Å². The number of aliphatic carboxylic acids is 1. The molecule has 0 unspecified atom stereocenters. The minimum absolute atomic E-state index is 0.0750. The summed E-state index contributed by atoms with van der Waals surface area (Å²) in [6, 6.07) is 9.39. The Labute approximate surface area is 226 Å². The number of nitrogens with zero attached hydrogens (tertiary/aromatic N) is 2. The van der Waals surface area contributed by atoms with Gasteiger partial charge in [0.05, 0.1) is 14.9 Å². The van der Waals surface area contributed by atoms with Crippen molar-refractivity contribution in [1.82, 2.24) is 4.31 Å². The molecule has 1 saturated heterocycles. The molecule has 0 aliphatic carbocycles. The largest absolute Gasteiger partial charge is 0.677 e. The van der Waals surface area contributed by atoms with E-state index in [1.807, 2.05) is 6.07 Å². The summed E-state index contributed by atoms with van der Waals surface area (Å²) in [7, 11) is -3.91. The fraction of sp³-hybridized carbons (Fsp3) is 0.391. The number of carboxylic acids is 1. The van der Waals surface area contributed by atoms with Gasteiger partial charge in [-0.15, -0.1) is 19.7 Å². The van der Waals surface area contributed by atoms with Crippen LogP contribution in [0, 0.1) is 0 Å². The highest BCUT2D eigenvalue weighted by atomic mass is 35.5. The lowest BCUT2D eigenvalue weighted by atomic mass is 9.88. The first-order valence-electron chi connectivity index (χ1n) is 11.2. The Balaban J connectivity index is 0.000000304. The summed E-state index contributed by atoms with van der Waals surface area (Å²) in [5.41, 5.74) is 7.12. The van der Waals surface area contributed by atoms with Gasteiger partial charge in [0, 0.05) is 32.4 Å². The lowest BCUT2D eigenvalue weighted by Gasteiger charge is -2.36. The average molecular weight is 597 g/mol. The van der Waals surface area contributed by atoms with Crippen molar-refractivity contribution in [1.29, 1.82) is 0 Å². The molecule has 0 amide bonds. The minimum Gasteiger partial charge on any atom is -0.677 e. The van der Waals surface area contributed by atoms with E-state index >= 15 is 0 Å². The number of hydrogen-bond acceptors (Lipinski definition) is 6. The van der Waals surface area contributed by atoms with Crippen LogP contribution in [-0.4, -0.2) is 61.1 Å². The molecule has 2 aromatic carbocycles. The maximum atomic E-state index is 12.7. The molecule has 208 valence electrons. The molecule has 2 N–H and O–H groups in total. The lowest BCUT2D eigenvalue weighted by Crippen LogP contribution is -2.47. The Hall–Kier alpha value is -2.58. The van der Waals surface area contributed by atoms with Crippen molar-refractivity contribution in [3.8, 4) is 5.75 Å². The van der Waals surface area contributed by atoms with Crippen LogP contribution in [0.2, 0.25) is 10.0 Å². The van der Waals surface area contributed by atoms with E-state index in [0.29, 0.717) is 16.6 Å². The highest BCUT2D eigenvalue weighted by molar-refractivity contribution is 7.89. The van der Waals surface area contributed by atoms with E-state index in [9.17, 15) is 26.4 Å². The van der Waals surface area contributed by atoms with Gasteiger partial charge in [0.2, 0.25) is 10.0 Å². The molecule has 0 aromatic heterocycles. The molecule has 2 aromatic rings. The SMILES string of the molecule is O=C(O)C1=NOC2(CCN(S(=O)(=O)c3ccc(OC(F)(F)F)cc3)CC2)C1.[NH-]CCc1ccc(Cl)c(Cl)c1. The number of halogens is 5. The van der Waals surface area contributed by atoms with Crippen molar-refractivity contribution in [3.05, 3.63) is 63.8 Å². The highest BCUT2D eigenvalue weighted by Crippen LogP contribution is 2.36. The molecule has 2 aliphatic rings. The summed E-state index contributed by atoms with van der Waals surface area (Å²) < 4.78 is 66.8. The third-order valence-corrected chi connectivity index (χ3v) is 8.46. The minimum atomic E-state index is -4.86. The molecule has 0 bridgehead atoms. The van der Waals surface area contributed by atoms with Crippen molar-refractivity contribution in [3.63, 3.8) is 0 Å². The summed E-state index contributed by atoms with van der Waals surface area (Å²) in [6.45, 7) is 0.537. The molecule has 0 saturated carbocycles. The number of oxime groups is 1. The Morgan fingerprint density at radius 1 is 1.13 bits per heavy atom. The maximum Gasteiger partial charge on any atom is 0.573 e. The molecular formula is C23H23Cl2F3N3O6S-. The fourth-order valence-electron chi connectivity index (χ4n) is 3.84. The van der Waals surface area contributed by atoms with Gasteiger partial charge in [-0.25, -0.2) is 13.2 Å². The number of sulfonamides is 1. The van der Waals surface area contributed by atoms with E-state index in [1.54, 1.807) is 12.1 Å². The van der Waals surface area contributed by atoms with Crippen molar-refractivity contribution in [2.24, 2.45) is 5.16 Å². The van der Waals surface area contributed by atoms with Crippen molar-refractivity contribution in [2.45, 2.75) is 42.5 Å². The number of benzene rings is 2. The molecular weight excluding hydrogens is 574 g/mol. The number of nitrogens with one attached hydrogen (secondary N) is 1. The van der Waals surface area contributed by atoms with Crippen LogP contribution >= 0.6 is 23.2 Å². The summed E-state index contributed by atoms with van der Waals surface area (Å²) in [4.78, 5) is 16.0. The van der Waals surface area contributed by atoms with Gasteiger partial charge in [-0.2, -0.15) is 4.31 Å². The second-order valence-electron chi connectivity index (χ2n) is 8.47. The number of ether oxygens (including phenoxy) is 1. The van der Waals surface area contributed by atoms with Crippen molar-refractivity contribution < 1.29 is 41.1 Å². The molecule has 2 heterocycles. The van der Waals surface area contributed by atoms with Crippen LogP contribution < -0.4 is 4.74 Å². The third kappa shape index (κ3) is 7.73. The first-order valence-corrected chi connectivity index (χ1v) is 13.4. The molecule has 1 fully saturated rings. The van der Waals surface area contributed by atoms with Crippen LogP contribution in [0.1, 0.15) is 24.8 Å². The summed E-state index contributed by atoms with van der Waals surface area (Å²) in [6.07, 6.45) is -3.53. The first kappa shape index (κ1) is 30.0. The van der Waals surface area contributed by atoms with Crippen molar-refractivity contribution >= 4 is 44.9 Å². The summed E-state index contributed by atoms with van der Waals surface area (Å²) >= 11 is 11.5. The first-order chi connectivity index (χ1) is 17.7. The predicted octanol–water partition coefficient (Wildman–Crippen LogP) is 5.56. The maximum absolute atomic E-state index is 12.7. The smallest absolute Gasteiger partial charge is 0.573 e. The fourth-order valence-corrected chi connectivity index (χ4v) is 5.60. The van der Waals surface area contributed by atoms with Crippen LogP contribution in [0.5, 0.6) is 5.75 Å². The second-order valence-corrected chi connectivity index (χ2v) is 11.2. The molecule has 1 spiro atoms. The van der Waals surface area contributed by atoms with Gasteiger partial charge >= 0.3 is 12.3 Å². The molecule has 4 rings (SSSR count). The standard InChI is InChI=1S/C15H15F3N2O6S.C8H8Cl2N/c16-15(17,18)25-10-1-3-11(4-2-10)27(23,24)20-7-5-14(6-8-20)9-12(13(21)22)19-26-14;9-7-2-1-6(3-4-11)5-8(7)10/h1-4H,5-9H2,(H,21,22);1-2,5,11H,3-4H2/q;-1. The molecule has 15 heteroatoms. The second kappa shape index (κ2) is 12.1. The molecule has 9 nitrogen and oxygen atoms in total. The topological polar surface area (TPSA) is 129 Å². The number of piperidine rings is 1. The van der Waals surface area contributed by atoms with Gasteiger partial charge in [-0.3, -0.25) is 0 Å². The van der Waals surface area contributed by atoms with Crippen LogP contribution in [0.3, 0.4) is 0 Å². The van der Waals surface area contributed by atoms with Gasteiger partial charge in [0.1, 0.15) is 11.4 Å². The zero-order valence-corrected chi connectivity index (χ0v) is 22.0. The number of carboxylic acid groups (broad SMARTS) is 1. The predicted molar refractivity (Wildman–Crippen MR) is 134 cm³/mol. The molecule has 0 radical (unpaired) electrons. The number of rotatable bonds is 6. The number of hydrogen-bond donors (Lipinski definition) is 1. The Morgan fingerprint density at radius 3 is 2.26 bits per heavy atom. The monoisotopic (exact) mass is 596 g/mol. The van der Waals surface area contributed by atoms with Crippen LogP contribution in [-0.2, 0) is 26.1 Å². The molecule has 38 heavy (non-hydrogen) atoms. The average Bonchev–Trinajstić information content (AvgIpc) is 3.25. The van der Waals surface area contributed by atoms with Gasteiger partial charge in [-0.1, -0.05) is 34.4 Å². The quantitative estimate of drug-likeness (QED) is 0.465. The van der Waals surface area contributed by atoms with E-state index in [0.717, 1.165) is 36.2 Å². The number of carbonyl (C=O) groups is 1. The van der Waals surface area contributed by atoms with Crippen LogP contribution in [0.4, 0.5) is 13.2 Å².